The summed E-state index contributed by atoms with van der Waals surface area (Å²) in [4.78, 5) is 23.2. The lowest BCUT2D eigenvalue weighted by Crippen LogP contribution is -2.39. The fourth-order valence-electron chi connectivity index (χ4n) is 4.95. The van der Waals surface area contributed by atoms with Crippen LogP contribution in [0.4, 0.5) is 8.78 Å². The fraction of sp³-hybridized carbons (Fsp3) is 0.640. The highest BCUT2D eigenvalue weighted by Crippen LogP contribution is 2.28. The van der Waals surface area contributed by atoms with E-state index in [2.05, 4.69) is 20.2 Å². The number of halogens is 2. The second-order valence-corrected chi connectivity index (χ2v) is 9.40. The lowest BCUT2D eigenvalue weighted by molar-refractivity contribution is -0.121. The van der Waals surface area contributed by atoms with Crippen LogP contribution in [0.2, 0.25) is 0 Å². The largest absolute Gasteiger partial charge is 0.472 e. The van der Waals surface area contributed by atoms with Crippen LogP contribution in [0.15, 0.2) is 22.7 Å². The molecular weight excluding hydrogens is 442 g/mol. The first-order valence-electron chi connectivity index (χ1n) is 12.3. The third-order valence-electron chi connectivity index (χ3n) is 6.83. The first-order valence-corrected chi connectivity index (χ1v) is 12.3. The summed E-state index contributed by atoms with van der Waals surface area (Å²) in [5, 5.41) is 3.14. The molecule has 9 heteroatoms. The van der Waals surface area contributed by atoms with Crippen LogP contribution in [-0.2, 0) is 24.1 Å². The minimum absolute atomic E-state index is 0.0000979. The maximum Gasteiger partial charge on any atom is 0.272 e. The third kappa shape index (κ3) is 7.22. The van der Waals surface area contributed by atoms with Gasteiger partial charge >= 0.3 is 0 Å². The SMILES string of the molecule is Cc1ncc(CC(=O)N[C@H]2CC[C@H](CCN3CCc4ccc(OCC(F)F)nc4CC3)CC2)o1. The zero-order valence-electron chi connectivity index (χ0n) is 19.8. The van der Waals surface area contributed by atoms with Crippen LogP contribution >= 0.6 is 0 Å². The van der Waals surface area contributed by atoms with Crippen molar-refractivity contribution >= 4 is 5.91 Å². The van der Waals surface area contributed by atoms with E-state index < -0.39 is 13.0 Å². The van der Waals surface area contributed by atoms with Crippen LogP contribution in [0.1, 0.15) is 55.0 Å². The predicted molar refractivity (Wildman–Crippen MR) is 123 cm³/mol. The summed E-state index contributed by atoms with van der Waals surface area (Å²) < 4.78 is 35.3. The number of carbonyl (C=O) groups excluding carboxylic acids is 1. The molecule has 0 radical (unpaired) electrons. The van der Waals surface area contributed by atoms with E-state index in [4.69, 9.17) is 9.15 Å². The summed E-state index contributed by atoms with van der Waals surface area (Å²) in [5.74, 6) is 2.16. The molecular formula is C25H34F2N4O3. The molecule has 1 aliphatic heterocycles. The molecule has 7 nitrogen and oxygen atoms in total. The number of alkyl halides is 2. The van der Waals surface area contributed by atoms with Gasteiger partial charge in [0.1, 0.15) is 5.76 Å². The second kappa shape index (κ2) is 11.7. The van der Waals surface area contributed by atoms with Crippen molar-refractivity contribution in [3.05, 3.63) is 41.2 Å². The molecule has 0 bridgehead atoms. The molecule has 0 aromatic carbocycles. The highest BCUT2D eigenvalue weighted by molar-refractivity contribution is 5.78. The molecule has 2 aromatic rings. The third-order valence-corrected chi connectivity index (χ3v) is 6.83. The highest BCUT2D eigenvalue weighted by atomic mass is 19.3. The maximum absolute atomic E-state index is 12.4. The predicted octanol–water partition coefficient (Wildman–Crippen LogP) is 3.73. The summed E-state index contributed by atoms with van der Waals surface area (Å²) in [5.41, 5.74) is 2.15. The molecule has 1 fully saturated rings. The van der Waals surface area contributed by atoms with Gasteiger partial charge in [-0.15, -0.1) is 0 Å². The van der Waals surface area contributed by atoms with Gasteiger partial charge in [0.15, 0.2) is 12.5 Å². The number of rotatable bonds is 9. The number of hydrogen-bond acceptors (Lipinski definition) is 6. The Kier molecular flexibility index (Phi) is 8.48. The van der Waals surface area contributed by atoms with Gasteiger partial charge in [-0.3, -0.25) is 4.79 Å². The molecule has 1 aliphatic carbocycles. The molecule has 186 valence electrons. The van der Waals surface area contributed by atoms with Crippen LogP contribution in [0.5, 0.6) is 5.88 Å². The Balaban J connectivity index is 1.15. The maximum atomic E-state index is 12.4. The number of oxazole rings is 1. The number of nitrogens with zero attached hydrogens (tertiary/aromatic N) is 3. The van der Waals surface area contributed by atoms with Gasteiger partial charge in [-0.1, -0.05) is 6.07 Å². The van der Waals surface area contributed by atoms with Crippen molar-refractivity contribution in [3.63, 3.8) is 0 Å². The molecule has 0 saturated heterocycles. The lowest BCUT2D eigenvalue weighted by Gasteiger charge is -2.30. The zero-order valence-corrected chi connectivity index (χ0v) is 19.8. The van der Waals surface area contributed by atoms with Gasteiger partial charge in [0.2, 0.25) is 11.8 Å². The Morgan fingerprint density at radius 3 is 2.76 bits per heavy atom. The smallest absolute Gasteiger partial charge is 0.272 e. The van der Waals surface area contributed by atoms with E-state index in [9.17, 15) is 13.6 Å². The van der Waals surface area contributed by atoms with Crippen LogP contribution < -0.4 is 10.1 Å². The number of pyridine rings is 1. The zero-order chi connectivity index (χ0) is 23.9. The summed E-state index contributed by atoms with van der Waals surface area (Å²) in [7, 11) is 0. The van der Waals surface area contributed by atoms with Gasteiger partial charge in [-0.25, -0.2) is 18.7 Å². The number of carbonyl (C=O) groups is 1. The number of hydrogen-bond donors (Lipinski definition) is 1. The van der Waals surface area contributed by atoms with Gasteiger partial charge in [0.05, 0.1) is 12.6 Å². The van der Waals surface area contributed by atoms with E-state index in [1.54, 1.807) is 19.2 Å². The van der Waals surface area contributed by atoms with Gasteiger partial charge in [-0.2, -0.15) is 0 Å². The molecule has 34 heavy (non-hydrogen) atoms. The van der Waals surface area contributed by atoms with E-state index in [1.165, 1.54) is 5.56 Å². The number of aryl methyl sites for hydroxylation is 1. The first kappa shape index (κ1) is 24.6. The lowest BCUT2D eigenvalue weighted by atomic mass is 9.84. The van der Waals surface area contributed by atoms with Gasteiger partial charge in [0.25, 0.3) is 6.43 Å². The van der Waals surface area contributed by atoms with E-state index in [0.29, 0.717) is 17.6 Å². The number of fused-ring (bicyclic) bond motifs is 1. The highest BCUT2D eigenvalue weighted by Gasteiger charge is 2.24. The van der Waals surface area contributed by atoms with Crippen molar-refractivity contribution in [2.75, 3.05) is 26.2 Å². The minimum Gasteiger partial charge on any atom is -0.472 e. The van der Waals surface area contributed by atoms with Crippen molar-refractivity contribution < 1.29 is 22.7 Å². The average molecular weight is 477 g/mol. The van der Waals surface area contributed by atoms with Crippen LogP contribution in [0, 0.1) is 12.8 Å². The monoisotopic (exact) mass is 476 g/mol. The Morgan fingerprint density at radius 1 is 1.24 bits per heavy atom. The van der Waals surface area contributed by atoms with E-state index in [-0.39, 0.29) is 24.2 Å². The minimum atomic E-state index is -2.49. The van der Waals surface area contributed by atoms with Crippen LogP contribution in [0.3, 0.4) is 0 Å². The number of ether oxygens (including phenoxy) is 1. The summed E-state index contributed by atoms with van der Waals surface area (Å²) in [6, 6.07) is 3.90. The Bertz CT molecular complexity index is 944. The molecule has 0 atom stereocenters. The Morgan fingerprint density at radius 2 is 2.03 bits per heavy atom. The van der Waals surface area contributed by atoms with Crippen molar-refractivity contribution in [2.45, 2.75) is 70.8 Å². The van der Waals surface area contributed by atoms with Gasteiger partial charge in [-0.05, 0) is 56.6 Å². The van der Waals surface area contributed by atoms with E-state index >= 15 is 0 Å². The molecule has 0 unspecified atom stereocenters. The molecule has 2 aromatic heterocycles. The van der Waals surface area contributed by atoms with Crippen molar-refractivity contribution in [2.24, 2.45) is 5.92 Å². The van der Waals surface area contributed by atoms with Crippen molar-refractivity contribution in [3.8, 4) is 5.88 Å². The molecule has 4 rings (SSSR count). The van der Waals surface area contributed by atoms with E-state index in [0.717, 1.165) is 70.3 Å². The van der Waals surface area contributed by atoms with Gasteiger partial charge in [0, 0.05) is 44.2 Å². The molecule has 1 N–H and O–H groups in total. The summed E-state index contributed by atoms with van der Waals surface area (Å²) in [6.07, 6.45) is 6.54. The molecule has 1 amide bonds. The molecule has 0 spiro atoms. The number of nitrogens with one attached hydrogen (secondary N) is 1. The average Bonchev–Trinajstić information content (AvgIpc) is 3.11. The normalized spacial score (nSPS) is 21.2. The van der Waals surface area contributed by atoms with Crippen LogP contribution in [0.25, 0.3) is 0 Å². The Hall–Kier alpha value is -2.55. The fourth-order valence-corrected chi connectivity index (χ4v) is 4.95. The topological polar surface area (TPSA) is 80.5 Å². The first-order chi connectivity index (χ1) is 16.4. The van der Waals surface area contributed by atoms with E-state index in [1.807, 2.05) is 6.07 Å². The van der Waals surface area contributed by atoms with Gasteiger partial charge < -0.3 is 19.4 Å². The summed E-state index contributed by atoms with van der Waals surface area (Å²) in [6.45, 7) is 4.11. The number of amides is 1. The standard InChI is InChI=1S/C25H34F2N4O3/c1-17-28-15-21(34-17)14-24(32)29-20-5-2-18(3-6-20)8-11-31-12-9-19-4-7-25(33-16-23(26)27)30-22(19)10-13-31/h4,7,15,18,20,23H,2-3,5-6,8-14,16H2,1H3,(H,29,32)/t18-,20-. The molecule has 1 saturated carbocycles. The van der Waals surface area contributed by atoms with Crippen molar-refractivity contribution in [1.29, 1.82) is 0 Å². The summed E-state index contributed by atoms with van der Waals surface area (Å²) >= 11 is 0. The Labute approximate surface area is 199 Å². The second-order valence-electron chi connectivity index (χ2n) is 9.40. The quantitative estimate of drug-likeness (QED) is 0.594. The molecule has 3 heterocycles. The van der Waals surface area contributed by atoms with Crippen molar-refractivity contribution in [1.82, 2.24) is 20.2 Å². The number of aromatic nitrogens is 2. The molecule has 2 aliphatic rings. The van der Waals surface area contributed by atoms with Crippen LogP contribution in [-0.4, -0.2) is 59.5 Å².